The third-order valence-electron chi connectivity index (χ3n) is 6.04. The smallest absolute Gasteiger partial charge is 0.205 e. The van der Waals surface area contributed by atoms with Gasteiger partial charge in [0, 0.05) is 42.7 Å². The van der Waals surface area contributed by atoms with E-state index in [-0.39, 0.29) is 6.04 Å². The maximum Gasteiger partial charge on any atom is 0.205 e. The number of hydrogen-bond donors (Lipinski definition) is 1. The second-order valence-corrected chi connectivity index (χ2v) is 9.30. The van der Waals surface area contributed by atoms with E-state index < -0.39 is 6.10 Å². The highest BCUT2D eigenvalue weighted by Gasteiger charge is 2.28. The zero-order valence-electron chi connectivity index (χ0n) is 18.1. The van der Waals surface area contributed by atoms with E-state index in [1.807, 2.05) is 42.5 Å². The van der Waals surface area contributed by atoms with E-state index in [9.17, 15) is 5.11 Å². The molecule has 7 heteroatoms. The summed E-state index contributed by atoms with van der Waals surface area (Å²) in [6, 6.07) is 28.5. The molecule has 0 bridgehead atoms. The van der Waals surface area contributed by atoms with Crippen molar-refractivity contribution in [1.82, 2.24) is 14.3 Å². The van der Waals surface area contributed by atoms with Crippen LogP contribution in [0.15, 0.2) is 84.9 Å². The van der Waals surface area contributed by atoms with E-state index in [1.165, 1.54) is 22.7 Å². The van der Waals surface area contributed by atoms with Crippen LogP contribution in [0.25, 0.3) is 0 Å². The van der Waals surface area contributed by atoms with Gasteiger partial charge in [0.05, 0.1) is 6.04 Å². The van der Waals surface area contributed by atoms with E-state index in [0.717, 1.165) is 41.9 Å². The van der Waals surface area contributed by atoms with Crippen molar-refractivity contribution >= 4 is 28.3 Å². The molecule has 2 heterocycles. The van der Waals surface area contributed by atoms with Crippen LogP contribution in [0.4, 0.5) is 5.13 Å². The number of aliphatic hydroxyl groups is 1. The van der Waals surface area contributed by atoms with Gasteiger partial charge < -0.3 is 10.0 Å². The zero-order valence-corrected chi connectivity index (χ0v) is 19.7. The molecule has 1 N–H and O–H groups in total. The average Bonchev–Trinajstić information content (AvgIpc) is 3.37. The number of aromatic nitrogens is 2. The first kappa shape index (κ1) is 22.0. The van der Waals surface area contributed by atoms with Crippen molar-refractivity contribution in [2.45, 2.75) is 12.1 Å². The van der Waals surface area contributed by atoms with E-state index in [1.54, 1.807) is 0 Å². The molecule has 0 radical (unpaired) electrons. The van der Waals surface area contributed by atoms with Gasteiger partial charge >= 0.3 is 0 Å². The molecule has 1 aromatic heterocycles. The Morgan fingerprint density at radius 2 is 1.33 bits per heavy atom. The number of anilines is 1. The number of aliphatic hydroxyl groups excluding tert-OH is 1. The second kappa shape index (κ2) is 10.0. The van der Waals surface area contributed by atoms with Gasteiger partial charge in [-0.15, -0.1) is 0 Å². The van der Waals surface area contributed by atoms with Crippen molar-refractivity contribution in [2.24, 2.45) is 0 Å². The standard InChI is InChI=1S/C26H25ClN4OS/c27-22-13-11-20(12-14-22)23(19-7-3-1-4-8-19)30-15-17-31(18-16-30)26-28-25(29-33-26)24(32)21-9-5-2-6-10-21/h1-14,23-24,32H,15-18H2. The van der Waals surface area contributed by atoms with Gasteiger partial charge in [-0.3, -0.25) is 4.90 Å². The summed E-state index contributed by atoms with van der Waals surface area (Å²) in [6.45, 7) is 3.51. The van der Waals surface area contributed by atoms with Gasteiger partial charge in [0.15, 0.2) is 5.82 Å². The highest BCUT2D eigenvalue weighted by atomic mass is 35.5. The first-order chi connectivity index (χ1) is 16.2. The summed E-state index contributed by atoms with van der Waals surface area (Å²) in [5.41, 5.74) is 3.32. The molecule has 4 aromatic rings. The van der Waals surface area contributed by atoms with Crippen LogP contribution in [0.5, 0.6) is 0 Å². The lowest BCUT2D eigenvalue weighted by atomic mass is 9.96. The Labute approximate surface area is 203 Å². The van der Waals surface area contributed by atoms with Crippen molar-refractivity contribution in [2.75, 3.05) is 31.1 Å². The molecule has 2 atom stereocenters. The number of halogens is 1. The number of piperazine rings is 1. The van der Waals surface area contributed by atoms with Gasteiger partial charge in [-0.05, 0) is 28.8 Å². The molecule has 3 aromatic carbocycles. The van der Waals surface area contributed by atoms with Gasteiger partial charge in [0.25, 0.3) is 0 Å². The normalized spacial score (nSPS) is 16.5. The van der Waals surface area contributed by atoms with Crippen LogP contribution < -0.4 is 4.90 Å². The van der Waals surface area contributed by atoms with Crippen LogP contribution in [0.3, 0.4) is 0 Å². The molecular weight excluding hydrogens is 452 g/mol. The van der Waals surface area contributed by atoms with Crippen molar-refractivity contribution in [3.63, 3.8) is 0 Å². The Kier molecular flexibility index (Phi) is 6.69. The number of benzene rings is 3. The fraction of sp³-hybridized carbons (Fsp3) is 0.231. The first-order valence-corrected chi connectivity index (χ1v) is 12.2. The minimum Gasteiger partial charge on any atom is -0.380 e. The Hall–Kier alpha value is -2.77. The van der Waals surface area contributed by atoms with Gasteiger partial charge in [0.2, 0.25) is 5.13 Å². The van der Waals surface area contributed by atoms with Crippen LogP contribution in [-0.4, -0.2) is 45.5 Å². The molecule has 1 saturated heterocycles. The molecule has 1 aliphatic rings. The largest absolute Gasteiger partial charge is 0.380 e. The molecule has 1 fully saturated rings. The van der Waals surface area contributed by atoms with Gasteiger partial charge in [-0.25, -0.2) is 4.98 Å². The third-order valence-corrected chi connectivity index (χ3v) is 7.08. The lowest BCUT2D eigenvalue weighted by Gasteiger charge is -2.39. The SMILES string of the molecule is OC(c1ccccc1)c1nsc(N2CCN(C(c3ccccc3)c3ccc(Cl)cc3)CC2)n1. The monoisotopic (exact) mass is 476 g/mol. The minimum atomic E-state index is -0.801. The predicted molar refractivity (Wildman–Crippen MR) is 134 cm³/mol. The predicted octanol–water partition coefficient (Wildman–Crippen LogP) is 5.18. The number of nitrogens with zero attached hydrogens (tertiary/aromatic N) is 4. The van der Waals surface area contributed by atoms with Gasteiger partial charge in [-0.2, -0.15) is 4.37 Å². The summed E-state index contributed by atoms with van der Waals surface area (Å²) in [7, 11) is 0. The van der Waals surface area contributed by atoms with Crippen molar-refractivity contribution in [3.05, 3.63) is 112 Å². The number of rotatable bonds is 6. The fourth-order valence-corrected chi connectivity index (χ4v) is 5.19. The molecule has 5 nitrogen and oxygen atoms in total. The van der Waals surface area contributed by atoms with E-state index in [4.69, 9.17) is 11.6 Å². The van der Waals surface area contributed by atoms with Crippen LogP contribution in [0, 0.1) is 0 Å². The van der Waals surface area contributed by atoms with Crippen LogP contribution >= 0.6 is 23.1 Å². The molecule has 5 rings (SSSR count). The molecule has 1 aliphatic heterocycles. The first-order valence-electron chi connectivity index (χ1n) is 11.0. The van der Waals surface area contributed by atoms with Crippen molar-refractivity contribution < 1.29 is 5.11 Å². The summed E-state index contributed by atoms with van der Waals surface area (Å²) in [6.07, 6.45) is -0.801. The highest BCUT2D eigenvalue weighted by Crippen LogP contribution is 2.32. The third kappa shape index (κ3) is 4.94. The van der Waals surface area contributed by atoms with Crippen LogP contribution in [0.2, 0.25) is 5.02 Å². The second-order valence-electron chi connectivity index (χ2n) is 8.14. The molecular formula is C26H25ClN4OS. The van der Waals surface area contributed by atoms with E-state index in [0.29, 0.717) is 5.82 Å². The molecule has 0 saturated carbocycles. The summed E-state index contributed by atoms with van der Waals surface area (Å²) in [5, 5.41) is 12.2. The molecule has 168 valence electrons. The molecule has 0 amide bonds. The average molecular weight is 477 g/mol. The molecule has 0 aliphatic carbocycles. The Bertz CT molecular complexity index is 1160. The summed E-state index contributed by atoms with van der Waals surface area (Å²) >= 11 is 7.50. The summed E-state index contributed by atoms with van der Waals surface area (Å²) < 4.78 is 4.44. The van der Waals surface area contributed by atoms with Gasteiger partial charge in [0.1, 0.15) is 6.10 Å². The fourth-order valence-electron chi connectivity index (χ4n) is 4.32. The topological polar surface area (TPSA) is 52.5 Å². The molecule has 2 unspecified atom stereocenters. The van der Waals surface area contributed by atoms with Gasteiger partial charge in [-0.1, -0.05) is 84.4 Å². The minimum absolute atomic E-state index is 0.176. The quantitative estimate of drug-likeness (QED) is 0.415. The maximum atomic E-state index is 10.6. The lowest BCUT2D eigenvalue weighted by molar-refractivity contribution is 0.209. The Morgan fingerprint density at radius 1 is 0.758 bits per heavy atom. The van der Waals surface area contributed by atoms with Crippen molar-refractivity contribution in [1.29, 1.82) is 0 Å². The molecule has 33 heavy (non-hydrogen) atoms. The van der Waals surface area contributed by atoms with Crippen LogP contribution in [0.1, 0.15) is 34.7 Å². The van der Waals surface area contributed by atoms with Crippen LogP contribution in [-0.2, 0) is 0 Å². The Balaban J connectivity index is 1.30. The van der Waals surface area contributed by atoms with E-state index in [2.05, 4.69) is 61.6 Å². The summed E-state index contributed by atoms with van der Waals surface area (Å²) in [5.74, 6) is 0.465. The highest BCUT2D eigenvalue weighted by molar-refractivity contribution is 7.09. The van der Waals surface area contributed by atoms with E-state index >= 15 is 0 Å². The molecule has 0 spiro atoms. The van der Waals surface area contributed by atoms with Crippen molar-refractivity contribution in [3.8, 4) is 0 Å². The summed E-state index contributed by atoms with van der Waals surface area (Å²) in [4.78, 5) is 9.43. The maximum absolute atomic E-state index is 10.6. The zero-order chi connectivity index (χ0) is 22.6. The number of hydrogen-bond acceptors (Lipinski definition) is 6. The lowest BCUT2D eigenvalue weighted by Crippen LogP contribution is -2.48. The Morgan fingerprint density at radius 3 is 1.97 bits per heavy atom.